The molecule has 0 bridgehead atoms. The van der Waals surface area contributed by atoms with Crippen LogP contribution in [0.5, 0.6) is 11.5 Å². The molecule has 0 saturated carbocycles. The molecule has 2 aromatic carbocycles. The fourth-order valence-electron chi connectivity index (χ4n) is 3.50. The summed E-state index contributed by atoms with van der Waals surface area (Å²) in [4.78, 5) is -1.05. The van der Waals surface area contributed by atoms with E-state index in [1.807, 2.05) is 0 Å². The molecule has 1 unspecified atom stereocenters. The van der Waals surface area contributed by atoms with Gasteiger partial charge in [-0.25, -0.2) is 12.8 Å². The molecule has 0 saturated heterocycles. The summed E-state index contributed by atoms with van der Waals surface area (Å²) >= 11 is 3.11. The number of rotatable bonds is 3. The van der Waals surface area contributed by atoms with Crippen LogP contribution in [0.15, 0.2) is 52.2 Å². The van der Waals surface area contributed by atoms with Gasteiger partial charge in [-0.2, -0.15) is 13.2 Å². The standard InChI is InChI=1S/C18H12BrF4NO5S/c19-9-5-10(20)7-11(6-9)29-13-1-2-14(30(25,26)18(21,22)23)16-15(13)12(24)8-17(16)27-3-4-28-17/h1-7,12H,8,24H2. The van der Waals surface area contributed by atoms with Crippen LogP contribution in [0.2, 0.25) is 0 Å². The van der Waals surface area contributed by atoms with Crippen molar-refractivity contribution < 1.29 is 40.2 Å². The molecule has 160 valence electrons. The maximum atomic E-state index is 13.7. The lowest BCUT2D eigenvalue weighted by Gasteiger charge is -2.26. The van der Waals surface area contributed by atoms with Gasteiger partial charge in [0.05, 0.1) is 10.5 Å². The van der Waals surface area contributed by atoms with E-state index in [1.54, 1.807) is 0 Å². The molecule has 1 aliphatic carbocycles. The molecular weight excluding hydrogens is 498 g/mol. The number of ether oxygens (including phenoxy) is 3. The molecule has 1 heterocycles. The lowest BCUT2D eigenvalue weighted by Crippen LogP contribution is -2.30. The van der Waals surface area contributed by atoms with Gasteiger partial charge in [0.25, 0.3) is 15.6 Å². The van der Waals surface area contributed by atoms with Crippen LogP contribution >= 0.6 is 15.9 Å². The number of benzene rings is 2. The SMILES string of the molecule is NC1CC2(OC=CO2)c2c(S(=O)(=O)C(F)(F)F)ccc(Oc3cc(F)cc(Br)c3)c21. The first-order valence-electron chi connectivity index (χ1n) is 8.33. The Kier molecular flexibility index (Phi) is 4.79. The van der Waals surface area contributed by atoms with E-state index in [-0.39, 0.29) is 23.5 Å². The van der Waals surface area contributed by atoms with E-state index in [2.05, 4.69) is 15.9 Å². The Labute approximate surface area is 176 Å². The molecular formula is C18H12BrF4NO5S. The fraction of sp³-hybridized carbons (Fsp3) is 0.222. The first kappa shape index (κ1) is 20.9. The van der Waals surface area contributed by atoms with E-state index in [4.69, 9.17) is 19.9 Å². The molecule has 2 N–H and O–H groups in total. The molecule has 1 spiro atoms. The Morgan fingerprint density at radius 1 is 1.17 bits per heavy atom. The van der Waals surface area contributed by atoms with Crippen molar-refractivity contribution in [2.24, 2.45) is 5.73 Å². The Hall–Kier alpha value is -2.31. The molecule has 6 nitrogen and oxygen atoms in total. The van der Waals surface area contributed by atoms with Crippen LogP contribution < -0.4 is 10.5 Å². The van der Waals surface area contributed by atoms with Gasteiger partial charge in [0.15, 0.2) is 0 Å². The normalized spacial score (nSPS) is 19.5. The van der Waals surface area contributed by atoms with Gasteiger partial charge in [0.2, 0.25) is 0 Å². The van der Waals surface area contributed by atoms with Crippen molar-refractivity contribution in [1.29, 1.82) is 0 Å². The zero-order valence-corrected chi connectivity index (χ0v) is 17.1. The van der Waals surface area contributed by atoms with Gasteiger partial charge in [-0.05, 0) is 24.3 Å². The smallest absolute Gasteiger partial charge is 0.457 e. The Morgan fingerprint density at radius 2 is 1.83 bits per heavy atom. The first-order chi connectivity index (χ1) is 13.9. The van der Waals surface area contributed by atoms with E-state index in [0.717, 1.165) is 30.7 Å². The largest absolute Gasteiger partial charge is 0.501 e. The van der Waals surface area contributed by atoms with Crippen molar-refractivity contribution in [3.63, 3.8) is 0 Å². The third kappa shape index (κ3) is 3.22. The third-order valence-electron chi connectivity index (χ3n) is 4.64. The van der Waals surface area contributed by atoms with E-state index >= 15 is 0 Å². The Balaban J connectivity index is 1.93. The molecule has 1 atom stereocenters. The van der Waals surface area contributed by atoms with Crippen LogP contribution in [0.4, 0.5) is 17.6 Å². The Bertz CT molecular complexity index is 1140. The molecule has 4 rings (SSSR count). The number of sulfone groups is 1. The summed E-state index contributed by atoms with van der Waals surface area (Å²) < 4.78 is 94.8. The van der Waals surface area contributed by atoms with E-state index in [9.17, 15) is 26.0 Å². The van der Waals surface area contributed by atoms with Gasteiger partial charge in [-0.1, -0.05) is 15.9 Å². The molecule has 1 aliphatic heterocycles. The average molecular weight is 510 g/mol. The van der Waals surface area contributed by atoms with Gasteiger partial charge in [-0.15, -0.1) is 0 Å². The molecule has 0 amide bonds. The van der Waals surface area contributed by atoms with Crippen molar-refractivity contribution in [1.82, 2.24) is 0 Å². The van der Waals surface area contributed by atoms with Crippen LogP contribution in [-0.2, 0) is 25.1 Å². The number of nitrogens with two attached hydrogens (primary N) is 1. The minimum atomic E-state index is -5.76. The molecule has 12 heteroatoms. The molecule has 2 aromatic rings. The lowest BCUT2D eigenvalue weighted by molar-refractivity contribution is -0.151. The summed E-state index contributed by atoms with van der Waals surface area (Å²) in [6.45, 7) is 0. The molecule has 0 aromatic heterocycles. The summed E-state index contributed by atoms with van der Waals surface area (Å²) in [5, 5.41) is 0. The van der Waals surface area contributed by atoms with Crippen molar-refractivity contribution in [2.75, 3.05) is 0 Å². The monoisotopic (exact) mass is 509 g/mol. The van der Waals surface area contributed by atoms with E-state index in [1.165, 1.54) is 12.1 Å². The second-order valence-electron chi connectivity index (χ2n) is 6.58. The molecule has 30 heavy (non-hydrogen) atoms. The molecule has 2 aliphatic rings. The second kappa shape index (κ2) is 6.86. The number of alkyl halides is 3. The van der Waals surface area contributed by atoms with Crippen molar-refractivity contribution in [3.8, 4) is 11.5 Å². The quantitative estimate of drug-likeness (QED) is 0.600. The van der Waals surface area contributed by atoms with Gasteiger partial charge < -0.3 is 19.9 Å². The minimum Gasteiger partial charge on any atom is -0.457 e. The lowest BCUT2D eigenvalue weighted by atomic mass is 10.1. The van der Waals surface area contributed by atoms with Gasteiger partial charge in [0.1, 0.15) is 29.8 Å². The van der Waals surface area contributed by atoms with E-state index < -0.39 is 43.5 Å². The maximum Gasteiger partial charge on any atom is 0.501 e. The van der Waals surface area contributed by atoms with Crippen LogP contribution in [0.25, 0.3) is 0 Å². The predicted molar refractivity (Wildman–Crippen MR) is 98.4 cm³/mol. The molecule has 0 radical (unpaired) electrons. The van der Waals surface area contributed by atoms with Crippen LogP contribution in [-0.4, -0.2) is 13.9 Å². The van der Waals surface area contributed by atoms with Crippen molar-refractivity contribution in [3.05, 3.63) is 64.3 Å². The zero-order valence-electron chi connectivity index (χ0n) is 14.7. The predicted octanol–water partition coefficient (Wildman–Crippen LogP) is 4.75. The van der Waals surface area contributed by atoms with Crippen LogP contribution in [0.3, 0.4) is 0 Å². The maximum absolute atomic E-state index is 13.7. The highest BCUT2D eigenvalue weighted by Crippen LogP contribution is 2.55. The average Bonchev–Trinajstić information content (AvgIpc) is 3.19. The summed E-state index contributed by atoms with van der Waals surface area (Å²) in [5.41, 5.74) is 0.115. The summed E-state index contributed by atoms with van der Waals surface area (Å²) in [5.74, 6) is -2.49. The highest BCUT2D eigenvalue weighted by atomic mass is 79.9. The van der Waals surface area contributed by atoms with Crippen molar-refractivity contribution >= 4 is 25.8 Å². The van der Waals surface area contributed by atoms with E-state index in [0.29, 0.717) is 4.47 Å². The van der Waals surface area contributed by atoms with Crippen molar-refractivity contribution in [2.45, 2.75) is 28.7 Å². The third-order valence-corrected chi connectivity index (χ3v) is 6.62. The number of halogens is 5. The fourth-order valence-corrected chi connectivity index (χ4v) is 4.98. The van der Waals surface area contributed by atoms with Gasteiger partial charge in [0, 0.05) is 28.6 Å². The second-order valence-corrected chi connectivity index (χ2v) is 9.40. The highest BCUT2D eigenvalue weighted by molar-refractivity contribution is 9.10. The first-order valence-corrected chi connectivity index (χ1v) is 10.6. The highest BCUT2D eigenvalue weighted by Gasteiger charge is 2.57. The van der Waals surface area contributed by atoms with Crippen LogP contribution in [0, 0.1) is 5.82 Å². The number of hydrogen-bond donors (Lipinski definition) is 1. The van der Waals surface area contributed by atoms with Crippen LogP contribution in [0.1, 0.15) is 23.6 Å². The number of hydrogen-bond acceptors (Lipinski definition) is 6. The molecule has 0 fully saturated rings. The Morgan fingerprint density at radius 3 is 2.43 bits per heavy atom. The topological polar surface area (TPSA) is 87.9 Å². The zero-order chi connectivity index (χ0) is 21.9. The van der Waals surface area contributed by atoms with Gasteiger partial charge in [-0.3, -0.25) is 0 Å². The minimum absolute atomic E-state index is 0.0232. The number of fused-ring (bicyclic) bond motifs is 2. The summed E-state index contributed by atoms with van der Waals surface area (Å²) in [6.07, 6.45) is 2.01. The van der Waals surface area contributed by atoms with Gasteiger partial charge >= 0.3 is 5.51 Å². The summed E-state index contributed by atoms with van der Waals surface area (Å²) in [6, 6.07) is 4.47. The summed E-state index contributed by atoms with van der Waals surface area (Å²) in [7, 11) is -5.76.